The van der Waals surface area contributed by atoms with Crippen molar-refractivity contribution in [2.24, 2.45) is 5.73 Å². The monoisotopic (exact) mass is 237 g/mol. The Kier molecular flexibility index (Phi) is 2.96. The van der Waals surface area contributed by atoms with E-state index in [2.05, 4.69) is 38.3 Å². The Morgan fingerprint density at radius 3 is 2.40 bits per heavy atom. The number of rotatable bonds is 2. The van der Waals surface area contributed by atoms with E-state index in [0.29, 0.717) is 0 Å². The van der Waals surface area contributed by atoms with Crippen molar-refractivity contribution in [3.05, 3.63) is 43.3 Å². The van der Waals surface area contributed by atoms with Crippen molar-refractivity contribution >= 4 is 22.7 Å². The Bertz CT molecular complexity index is 448. The predicted molar refractivity (Wildman–Crippen MR) is 68.9 cm³/mol. The molecule has 0 fully saturated rings. The first-order valence-electron chi connectivity index (χ1n) is 4.95. The van der Waals surface area contributed by atoms with Gasteiger partial charge in [-0.15, -0.1) is 22.7 Å². The molecule has 0 amide bonds. The van der Waals surface area contributed by atoms with Gasteiger partial charge in [0.25, 0.3) is 0 Å². The van der Waals surface area contributed by atoms with Crippen LogP contribution in [0, 0.1) is 20.8 Å². The van der Waals surface area contributed by atoms with Crippen molar-refractivity contribution in [3.8, 4) is 0 Å². The van der Waals surface area contributed by atoms with Crippen LogP contribution in [-0.4, -0.2) is 0 Å². The minimum absolute atomic E-state index is 0.0485. The maximum absolute atomic E-state index is 6.23. The molecule has 2 heterocycles. The van der Waals surface area contributed by atoms with Crippen LogP contribution in [0.2, 0.25) is 0 Å². The summed E-state index contributed by atoms with van der Waals surface area (Å²) in [4.78, 5) is 3.96. The number of hydrogen-bond acceptors (Lipinski definition) is 3. The van der Waals surface area contributed by atoms with E-state index in [1.165, 1.54) is 25.8 Å². The van der Waals surface area contributed by atoms with E-state index in [-0.39, 0.29) is 6.04 Å². The van der Waals surface area contributed by atoms with Gasteiger partial charge in [0.05, 0.1) is 6.04 Å². The smallest absolute Gasteiger partial charge is 0.0654 e. The molecule has 0 aromatic carbocycles. The van der Waals surface area contributed by atoms with Gasteiger partial charge in [-0.2, -0.15) is 0 Å². The van der Waals surface area contributed by atoms with Gasteiger partial charge < -0.3 is 5.73 Å². The van der Waals surface area contributed by atoms with Crippen LogP contribution in [0.5, 0.6) is 0 Å². The third kappa shape index (κ3) is 2.14. The molecule has 80 valence electrons. The molecule has 0 bridgehead atoms. The first-order chi connectivity index (χ1) is 7.08. The van der Waals surface area contributed by atoms with Crippen molar-refractivity contribution in [1.82, 2.24) is 0 Å². The fraction of sp³-hybridized carbons (Fsp3) is 0.333. The molecule has 0 spiro atoms. The summed E-state index contributed by atoms with van der Waals surface area (Å²) in [5.74, 6) is 0. The lowest BCUT2D eigenvalue weighted by Gasteiger charge is -2.06. The Labute approximate surface area is 98.6 Å². The topological polar surface area (TPSA) is 26.0 Å². The standard InChI is InChI=1S/C12H15NS2/c1-7-4-11(15-9(7)3)12(13)10-5-8(2)14-6-10/h4-6,12H,13H2,1-3H3. The maximum atomic E-state index is 6.23. The van der Waals surface area contributed by atoms with E-state index >= 15 is 0 Å². The van der Waals surface area contributed by atoms with Crippen LogP contribution in [0.25, 0.3) is 0 Å². The molecular formula is C12H15NS2. The number of hydrogen-bond donors (Lipinski definition) is 1. The minimum Gasteiger partial charge on any atom is -0.320 e. The van der Waals surface area contributed by atoms with E-state index < -0.39 is 0 Å². The van der Waals surface area contributed by atoms with Gasteiger partial charge in [0.1, 0.15) is 0 Å². The van der Waals surface area contributed by atoms with Crippen molar-refractivity contribution in [2.45, 2.75) is 26.8 Å². The molecule has 2 aromatic heterocycles. The second-order valence-electron chi connectivity index (χ2n) is 3.86. The molecule has 15 heavy (non-hydrogen) atoms. The average molecular weight is 237 g/mol. The number of thiophene rings is 2. The van der Waals surface area contributed by atoms with Gasteiger partial charge in [0, 0.05) is 14.6 Å². The van der Waals surface area contributed by atoms with Gasteiger partial charge in [-0.05, 0) is 49.4 Å². The van der Waals surface area contributed by atoms with Crippen LogP contribution >= 0.6 is 22.7 Å². The summed E-state index contributed by atoms with van der Waals surface area (Å²) in [6.07, 6.45) is 0. The zero-order valence-corrected chi connectivity index (χ0v) is 10.8. The van der Waals surface area contributed by atoms with Crippen molar-refractivity contribution < 1.29 is 0 Å². The fourth-order valence-electron chi connectivity index (χ4n) is 1.55. The normalized spacial score (nSPS) is 13.1. The molecule has 1 atom stereocenters. The van der Waals surface area contributed by atoms with Gasteiger partial charge >= 0.3 is 0 Å². The maximum Gasteiger partial charge on any atom is 0.0654 e. The molecule has 0 radical (unpaired) electrons. The molecule has 0 saturated carbocycles. The highest BCUT2D eigenvalue weighted by atomic mass is 32.1. The molecular weight excluding hydrogens is 222 g/mol. The largest absolute Gasteiger partial charge is 0.320 e. The van der Waals surface area contributed by atoms with Gasteiger partial charge in [-0.3, -0.25) is 0 Å². The average Bonchev–Trinajstić information content (AvgIpc) is 2.74. The lowest BCUT2D eigenvalue weighted by molar-refractivity contribution is 0.898. The molecule has 0 saturated heterocycles. The lowest BCUT2D eigenvalue weighted by atomic mass is 10.1. The molecule has 1 unspecified atom stereocenters. The Hall–Kier alpha value is -0.640. The molecule has 2 N–H and O–H groups in total. The molecule has 0 aliphatic carbocycles. The van der Waals surface area contributed by atoms with E-state index in [4.69, 9.17) is 5.73 Å². The van der Waals surface area contributed by atoms with Gasteiger partial charge in [0.2, 0.25) is 0 Å². The van der Waals surface area contributed by atoms with Gasteiger partial charge in [0.15, 0.2) is 0 Å². The van der Waals surface area contributed by atoms with E-state index in [0.717, 1.165) is 0 Å². The molecule has 0 aliphatic rings. The van der Waals surface area contributed by atoms with Crippen molar-refractivity contribution in [3.63, 3.8) is 0 Å². The van der Waals surface area contributed by atoms with Gasteiger partial charge in [-0.1, -0.05) is 0 Å². The summed E-state index contributed by atoms with van der Waals surface area (Å²) >= 11 is 3.57. The fourth-order valence-corrected chi connectivity index (χ4v) is 3.36. The highest BCUT2D eigenvalue weighted by molar-refractivity contribution is 7.12. The SMILES string of the molecule is Cc1cc(C(N)c2cc(C)c(C)s2)cs1. The second-order valence-corrected chi connectivity index (χ2v) is 6.26. The summed E-state index contributed by atoms with van der Waals surface area (Å²) in [6.45, 7) is 6.40. The highest BCUT2D eigenvalue weighted by Gasteiger charge is 2.13. The zero-order chi connectivity index (χ0) is 11.0. The third-order valence-electron chi connectivity index (χ3n) is 2.60. The Balaban J connectivity index is 2.31. The second kappa shape index (κ2) is 4.08. The van der Waals surface area contributed by atoms with Crippen LogP contribution in [0.15, 0.2) is 17.5 Å². The van der Waals surface area contributed by atoms with Crippen LogP contribution in [0.3, 0.4) is 0 Å². The van der Waals surface area contributed by atoms with Gasteiger partial charge in [-0.25, -0.2) is 0 Å². The molecule has 3 heteroatoms. The van der Waals surface area contributed by atoms with E-state index in [1.807, 2.05) is 0 Å². The number of aryl methyl sites for hydroxylation is 3. The highest BCUT2D eigenvalue weighted by Crippen LogP contribution is 2.30. The molecule has 1 nitrogen and oxygen atoms in total. The first-order valence-corrected chi connectivity index (χ1v) is 6.65. The van der Waals surface area contributed by atoms with Crippen LogP contribution in [0.1, 0.15) is 31.8 Å². The summed E-state index contributed by atoms with van der Waals surface area (Å²) in [5.41, 5.74) is 8.81. The quantitative estimate of drug-likeness (QED) is 0.845. The molecule has 2 aromatic rings. The minimum atomic E-state index is 0.0485. The van der Waals surface area contributed by atoms with Crippen molar-refractivity contribution in [2.75, 3.05) is 0 Å². The number of nitrogens with two attached hydrogens (primary N) is 1. The van der Waals surface area contributed by atoms with E-state index in [9.17, 15) is 0 Å². The Morgan fingerprint density at radius 2 is 1.93 bits per heavy atom. The first kappa shape index (κ1) is 10.9. The van der Waals surface area contributed by atoms with Crippen LogP contribution in [-0.2, 0) is 0 Å². The summed E-state index contributed by atoms with van der Waals surface area (Å²) in [7, 11) is 0. The third-order valence-corrected chi connectivity index (χ3v) is 4.72. The summed E-state index contributed by atoms with van der Waals surface area (Å²) in [6, 6.07) is 4.43. The molecule has 0 aliphatic heterocycles. The molecule has 2 rings (SSSR count). The Morgan fingerprint density at radius 1 is 1.20 bits per heavy atom. The summed E-state index contributed by atoms with van der Waals surface area (Å²) in [5, 5.41) is 2.16. The zero-order valence-electron chi connectivity index (χ0n) is 9.20. The van der Waals surface area contributed by atoms with Crippen LogP contribution in [0.4, 0.5) is 0 Å². The lowest BCUT2D eigenvalue weighted by Crippen LogP contribution is -2.08. The van der Waals surface area contributed by atoms with E-state index in [1.54, 1.807) is 22.7 Å². The van der Waals surface area contributed by atoms with Crippen molar-refractivity contribution in [1.29, 1.82) is 0 Å². The predicted octanol–water partition coefficient (Wildman–Crippen LogP) is 3.78. The summed E-state index contributed by atoms with van der Waals surface area (Å²) < 4.78 is 0. The van der Waals surface area contributed by atoms with Crippen LogP contribution < -0.4 is 5.73 Å².